The number of rotatable bonds is 8. The molecule has 0 saturated heterocycles. The molecule has 0 radical (unpaired) electrons. The van der Waals surface area contributed by atoms with Crippen LogP contribution in [-0.4, -0.2) is 56.4 Å². The first kappa shape index (κ1) is 22.5. The minimum Gasteiger partial charge on any atom is -0.493 e. The van der Waals surface area contributed by atoms with Gasteiger partial charge in [0.25, 0.3) is 0 Å². The van der Waals surface area contributed by atoms with Crippen molar-refractivity contribution in [2.24, 2.45) is 11.1 Å². The third-order valence-corrected chi connectivity index (χ3v) is 5.31. The van der Waals surface area contributed by atoms with Crippen LogP contribution >= 0.6 is 12.4 Å². The minimum atomic E-state index is -0.897. The van der Waals surface area contributed by atoms with Crippen molar-refractivity contribution in [2.45, 2.75) is 38.8 Å². The van der Waals surface area contributed by atoms with Gasteiger partial charge in [-0.2, -0.15) is 0 Å². The maximum absolute atomic E-state index is 12.8. The lowest BCUT2D eigenvalue weighted by Gasteiger charge is -2.58. The summed E-state index contributed by atoms with van der Waals surface area (Å²) >= 11 is 0. The van der Waals surface area contributed by atoms with E-state index in [0.717, 1.165) is 0 Å². The molecule has 0 bridgehead atoms. The molecule has 1 aromatic rings. The molecule has 1 saturated carbocycles. The second-order valence-corrected chi connectivity index (χ2v) is 7.07. The van der Waals surface area contributed by atoms with Gasteiger partial charge in [0.05, 0.1) is 19.8 Å². The van der Waals surface area contributed by atoms with Crippen LogP contribution in [0.2, 0.25) is 0 Å². The number of methoxy groups -OCH3 is 1. The highest BCUT2D eigenvalue weighted by Gasteiger charge is 2.63. The average Bonchev–Trinajstić information content (AvgIpc) is 2.60. The summed E-state index contributed by atoms with van der Waals surface area (Å²) in [6.07, 6.45) is 0.564. The number of benzene rings is 1. The number of halogens is 1. The zero-order valence-corrected chi connectivity index (χ0v) is 17.1. The second kappa shape index (κ2) is 8.93. The van der Waals surface area contributed by atoms with Gasteiger partial charge in [0.2, 0.25) is 5.91 Å². The summed E-state index contributed by atoms with van der Waals surface area (Å²) in [6, 6.07) is 7.44. The first-order valence-corrected chi connectivity index (χ1v) is 8.69. The lowest BCUT2D eigenvalue weighted by atomic mass is 9.54. The van der Waals surface area contributed by atoms with Gasteiger partial charge >= 0.3 is 0 Å². The maximum Gasteiger partial charge on any atom is 0.243 e. The summed E-state index contributed by atoms with van der Waals surface area (Å²) < 4.78 is 16.7. The van der Waals surface area contributed by atoms with E-state index in [2.05, 4.69) is 0 Å². The zero-order valence-electron chi connectivity index (χ0n) is 16.3. The van der Waals surface area contributed by atoms with Crippen molar-refractivity contribution in [2.75, 3.05) is 33.9 Å². The zero-order chi connectivity index (χ0) is 18.7. The monoisotopic (exact) mass is 386 g/mol. The van der Waals surface area contributed by atoms with E-state index < -0.39 is 11.0 Å². The predicted octanol–water partition coefficient (Wildman–Crippen LogP) is 2.49. The SMILES string of the molecule is CCOC1CC(N)(C(=O)N(C)CCOc2ccccc2OC)C1(C)C.Cl. The number of hydrogen-bond donors (Lipinski definition) is 1. The number of carbonyl (C=O) groups is 1. The number of para-hydroxylation sites is 2. The van der Waals surface area contributed by atoms with E-state index in [-0.39, 0.29) is 24.4 Å². The highest BCUT2D eigenvalue weighted by Crippen LogP contribution is 2.50. The molecule has 0 aromatic heterocycles. The summed E-state index contributed by atoms with van der Waals surface area (Å²) in [7, 11) is 3.36. The van der Waals surface area contributed by atoms with E-state index in [9.17, 15) is 4.79 Å². The first-order chi connectivity index (χ1) is 11.8. The van der Waals surface area contributed by atoms with Gasteiger partial charge in [-0.3, -0.25) is 4.79 Å². The van der Waals surface area contributed by atoms with Crippen LogP contribution in [0.3, 0.4) is 0 Å². The van der Waals surface area contributed by atoms with Gasteiger partial charge in [0.1, 0.15) is 12.1 Å². The molecule has 2 atom stereocenters. The van der Waals surface area contributed by atoms with Crippen molar-refractivity contribution in [3.05, 3.63) is 24.3 Å². The van der Waals surface area contributed by atoms with Gasteiger partial charge in [-0.05, 0) is 19.1 Å². The summed E-state index contributed by atoms with van der Waals surface area (Å²) in [5, 5.41) is 0. The molecule has 2 unspecified atom stereocenters. The van der Waals surface area contributed by atoms with E-state index in [1.54, 1.807) is 19.1 Å². The van der Waals surface area contributed by atoms with Crippen molar-refractivity contribution >= 4 is 18.3 Å². The summed E-state index contributed by atoms with van der Waals surface area (Å²) in [4.78, 5) is 14.5. The van der Waals surface area contributed by atoms with Crippen LogP contribution in [0, 0.1) is 5.41 Å². The van der Waals surface area contributed by atoms with Crippen molar-refractivity contribution in [1.82, 2.24) is 4.90 Å². The number of carbonyl (C=O) groups excluding carboxylic acids is 1. The minimum absolute atomic E-state index is 0. The third-order valence-electron chi connectivity index (χ3n) is 5.31. The van der Waals surface area contributed by atoms with Crippen molar-refractivity contribution < 1.29 is 19.0 Å². The molecule has 0 aliphatic heterocycles. The van der Waals surface area contributed by atoms with E-state index in [1.165, 1.54) is 0 Å². The highest BCUT2D eigenvalue weighted by atomic mass is 35.5. The molecule has 1 fully saturated rings. The number of hydrogen-bond acceptors (Lipinski definition) is 5. The molecule has 26 heavy (non-hydrogen) atoms. The smallest absolute Gasteiger partial charge is 0.243 e. The van der Waals surface area contributed by atoms with Gasteiger partial charge in [0, 0.05) is 25.5 Å². The van der Waals surface area contributed by atoms with E-state index in [1.807, 2.05) is 45.0 Å². The fourth-order valence-corrected chi connectivity index (χ4v) is 3.27. The van der Waals surface area contributed by atoms with Gasteiger partial charge in [0.15, 0.2) is 11.5 Å². The number of amides is 1. The van der Waals surface area contributed by atoms with Crippen LogP contribution < -0.4 is 15.2 Å². The van der Waals surface area contributed by atoms with Crippen LogP contribution in [0.5, 0.6) is 11.5 Å². The Bertz CT molecular complexity index is 611. The quantitative estimate of drug-likeness (QED) is 0.743. The van der Waals surface area contributed by atoms with Crippen LogP contribution in [0.25, 0.3) is 0 Å². The molecule has 2 rings (SSSR count). The Morgan fingerprint density at radius 1 is 1.31 bits per heavy atom. The molecule has 1 aliphatic rings. The Labute approximate surface area is 162 Å². The summed E-state index contributed by atoms with van der Waals surface area (Å²) in [5.74, 6) is 1.26. The van der Waals surface area contributed by atoms with E-state index >= 15 is 0 Å². The van der Waals surface area contributed by atoms with Gasteiger partial charge in [-0.1, -0.05) is 26.0 Å². The standard InChI is InChI=1S/C19H30N2O4.ClH/c1-6-24-16-13-19(20,18(16,2)3)17(22)21(4)11-12-25-15-10-8-7-9-14(15)23-5;/h7-10,16H,6,11-13,20H2,1-5H3;1H. The molecular formula is C19H31ClN2O4. The van der Waals surface area contributed by atoms with Crippen molar-refractivity contribution in [1.29, 1.82) is 0 Å². The van der Waals surface area contributed by atoms with Crippen molar-refractivity contribution in [3.8, 4) is 11.5 Å². The molecule has 1 aromatic carbocycles. The molecule has 0 heterocycles. The molecule has 0 spiro atoms. The van der Waals surface area contributed by atoms with Crippen LogP contribution in [0.15, 0.2) is 24.3 Å². The highest BCUT2D eigenvalue weighted by molar-refractivity contribution is 5.88. The lowest BCUT2D eigenvalue weighted by Crippen LogP contribution is -2.75. The Morgan fingerprint density at radius 3 is 2.46 bits per heavy atom. The first-order valence-electron chi connectivity index (χ1n) is 8.69. The Hall–Kier alpha value is -1.50. The Balaban J connectivity index is 0.00000338. The van der Waals surface area contributed by atoms with Crippen LogP contribution in [0.1, 0.15) is 27.2 Å². The maximum atomic E-state index is 12.8. The molecule has 1 amide bonds. The number of likely N-dealkylation sites (N-methyl/N-ethyl adjacent to an activating group) is 1. The topological polar surface area (TPSA) is 74.0 Å². The van der Waals surface area contributed by atoms with Gasteiger partial charge < -0.3 is 24.8 Å². The lowest BCUT2D eigenvalue weighted by molar-refractivity contribution is -0.178. The second-order valence-electron chi connectivity index (χ2n) is 7.07. The van der Waals surface area contributed by atoms with Crippen LogP contribution in [-0.2, 0) is 9.53 Å². The molecule has 1 aliphatic carbocycles. The Morgan fingerprint density at radius 2 is 1.92 bits per heavy atom. The van der Waals surface area contributed by atoms with E-state index in [0.29, 0.717) is 37.7 Å². The number of nitrogens with two attached hydrogens (primary N) is 1. The fourth-order valence-electron chi connectivity index (χ4n) is 3.27. The van der Waals surface area contributed by atoms with Crippen molar-refractivity contribution in [3.63, 3.8) is 0 Å². The predicted molar refractivity (Wildman–Crippen MR) is 104 cm³/mol. The number of nitrogens with zero attached hydrogens (tertiary/aromatic N) is 1. The van der Waals surface area contributed by atoms with Gasteiger partial charge in [-0.25, -0.2) is 0 Å². The Kier molecular flexibility index (Phi) is 7.74. The number of ether oxygens (including phenoxy) is 3. The largest absolute Gasteiger partial charge is 0.493 e. The molecule has 148 valence electrons. The third kappa shape index (κ3) is 4.08. The van der Waals surface area contributed by atoms with Crippen LogP contribution in [0.4, 0.5) is 0 Å². The van der Waals surface area contributed by atoms with E-state index in [4.69, 9.17) is 19.9 Å². The fraction of sp³-hybridized carbons (Fsp3) is 0.632. The van der Waals surface area contributed by atoms with Gasteiger partial charge in [-0.15, -0.1) is 12.4 Å². The average molecular weight is 387 g/mol. The molecular weight excluding hydrogens is 356 g/mol. The normalized spacial score (nSPS) is 23.4. The molecule has 7 heteroatoms. The molecule has 6 nitrogen and oxygen atoms in total. The summed E-state index contributed by atoms with van der Waals surface area (Å²) in [5.41, 5.74) is 5.15. The summed E-state index contributed by atoms with van der Waals surface area (Å²) in [6.45, 7) is 7.39. The molecule has 2 N–H and O–H groups in total.